The van der Waals surface area contributed by atoms with Gasteiger partial charge in [0.05, 0.1) is 25.1 Å². The van der Waals surface area contributed by atoms with Gasteiger partial charge in [-0.25, -0.2) is 0 Å². The summed E-state index contributed by atoms with van der Waals surface area (Å²) in [6.07, 6.45) is 1.86. The molecule has 2 aliphatic rings. The first kappa shape index (κ1) is 17.9. The largest absolute Gasteiger partial charge is 0.497 e. The van der Waals surface area contributed by atoms with Gasteiger partial charge in [0.1, 0.15) is 11.5 Å². The molecule has 1 aromatic heterocycles. The Morgan fingerprint density at radius 2 is 1.89 bits per heavy atom. The Kier molecular flexibility index (Phi) is 4.78. The third-order valence-electron chi connectivity index (χ3n) is 5.40. The summed E-state index contributed by atoms with van der Waals surface area (Å²) in [6, 6.07) is 8.92. The Hall–Kier alpha value is -2.54. The van der Waals surface area contributed by atoms with Crippen LogP contribution in [0.1, 0.15) is 32.9 Å². The second kappa shape index (κ2) is 7.23. The van der Waals surface area contributed by atoms with Crippen molar-refractivity contribution in [2.45, 2.75) is 24.9 Å². The number of methoxy groups -OCH3 is 2. The molecule has 1 saturated heterocycles. The number of ether oxygens (including phenoxy) is 2. The van der Waals surface area contributed by atoms with Gasteiger partial charge < -0.3 is 19.7 Å². The van der Waals surface area contributed by atoms with E-state index >= 15 is 0 Å². The fourth-order valence-electron chi connectivity index (χ4n) is 4.16. The molecule has 1 saturated carbocycles. The van der Waals surface area contributed by atoms with Crippen LogP contribution in [0.4, 0.5) is 0 Å². The molecule has 3 unspecified atom stereocenters. The van der Waals surface area contributed by atoms with Gasteiger partial charge in [0.25, 0.3) is 11.8 Å². The molecule has 2 fully saturated rings. The Bertz CT molecular complexity index is 829. The first-order valence-electron chi connectivity index (χ1n) is 8.97. The van der Waals surface area contributed by atoms with E-state index in [2.05, 4.69) is 5.32 Å². The molecule has 1 aliphatic carbocycles. The van der Waals surface area contributed by atoms with Crippen LogP contribution in [0, 0.1) is 5.92 Å². The third-order valence-corrected chi connectivity index (χ3v) is 6.27. The van der Waals surface area contributed by atoms with E-state index in [0.29, 0.717) is 27.9 Å². The molecule has 27 heavy (non-hydrogen) atoms. The molecule has 2 bridgehead atoms. The van der Waals surface area contributed by atoms with E-state index in [1.807, 2.05) is 22.4 Å². The number of benzene rings is 1. The minimum Gasteiger partial charge on any atom is -0.497 e. The molecular formula is C20H22N2O4S. The predicted molar refractivity (Wildman–Crippen MR) is 103 cm³/mol. The van der Waals surface area contributed by atoms with E-state index in [4.69, 9.17) is 9.47 Å². The van der Waals surface area contributed by atoms with Crippen molar-refractivity contribution >= 4 is 23.2 Å². The van der Waals surface area contributed by atoms with Crippen molar-refractivity contribution in [2.75, 3.05) is 20.8 Å². The quantitative estimate of drug-likeness (QED) is 0.858. The highest BCUT2D eigenvalue weighted by molar-refractivity contribution is 7.12. The minimum absolute atomic E-state index is 0.00481. The summed E-state index contributed by atoms with van der Waals surface area (Å²) in [5, 5.41) is 5.01. The number of thiophene rings is 1. The molecule has 0 radical (unpaired) electrons. The van der Waals surface area contributed by atoms with E-state index in [0.717, 1.165) is 19.4 Å². The molecule has 0 spiro atoms. The van der Waals surface area contributed by atoms with Crippen molar-refractivity contribution in [3.05, 3.63) is 46.2 Å². The van der Waals surface area contributed by atoms with Crippen LogP contribution in [0.2, 0.25) is 0 Å². The lowest BCUT2D eigenvalue weighted by Crippen LogP contribution is -2.51. The highest BCUT2D eigenvalue weighted by atomic mass is 32.1. The zero-order chi connectivity index (χ0) is 19.0. The molecule has 6 nitrogen and oxygen atoms in total. The Morgan fingerprint density at radius 1 is 1.15 bits per heavy atom. The second-order valence-corrected chi connectivity index (χ2v) is 7.97. The van der Waals surface area contributed by atoms with Crippen LogP contribution >= 0.6 is 11.3 Å². The molecule has 4 rings (SSSR count). The van der Waals surface area contributed by atoms with E-state index in [1.54, 1.807) is 32.4 Å². The van der Waals surface area contributed by atoms with Gasteiger partial charge in [-0.05, 0) is 42.3 Å². The number of hydrogen-bond donors (Lipinski definition) is 1. The molecule has 3 atom stereocenters. The number of piperidine rings is 1. The molecule has 1 N–H and O–H groups in total. The number of hydrogen-bond acceptors (Lipinski definition) is 5. The van der Waals surface area contributed by atoms with Crippen LogP contribution in [-0.2, 0) is 0 Å². The van der Waals surface area contributed by atoms with Crippen LogP contribution in [0.25, 0.3) is 0 Å². The number of rotatable bonds is 5. The minimum atomic E-state index is -0.0574. The Labute approximate surface area is 162 Å². The monoisotopic (exact) mass is 386 g/mol. The molecule has 142 valence electrons. The van der Waals surface area contributed by atoms with Crippen molar-refractivity contribution in [3.8, 4) is 11.5 Å². The van der Waals surface area contributed by atoms with E-state index in [1.165, 1.54) is 11.3 Å². The molecule has 7 heteroatoms. The Morgan fingerprint density at radius 3 is 2.48 bits per heavy atom. The highest BCUT2D eigenvalue weighted by Crippen LogP contribution is 2.39. The molecule has 2 heterocycles. The lowest BCUT2D eigenvalue weighted by Gasteiger charge is -2.33. The molecular weight excluding hydrogens is 364 g/mol. The number of carbonyl (C=O) groups excluding carboxylic acids is 2. The third kappa shape index (κ3) is 3.39. The lowest BCUT2D eigenvalue weighted by molar-refractivity contribution is 0.0648. The first-order chi connectivity index (χ1) is 13.1. The van der Waals surface area contributed by atoms with Crippen molar-refractivity contribution < 1.29 is 19.1 Å². The maximum atomic E-state index is 13.1. The summed E-state index contributed by atoms with van der Waals surface area (Å²) in [7, 11) is 3.13. The Balaban J connectivity index is 1.51. The number of carbonyl (C=O) groups is 2. The molecule has 1 aliphatic heterocycles. The van der Waals surface area contributed by atoms with Gasteiger partial charge in [-0.2, -0.15) is 0 Å². The van der Waals surface area contributed by atoms with Gasteiger partial charge in [-0.3, -0.25) is 9.59 Å². The summed E-state index contributed by atoms with van der Waals surface area (Å²) in [5.41, 5.74) is 0.544. The average Bonchev–Trinajstić information content (AvgIpc) is 3.43. The van der Waals surface area contributed by atoms with Crippen molar-refractivity contribution in [3.63, 3.8) is 0 Å². The molecule has 2 amide bonds. The number of nitrogens with zero attached hydrogens (tertiary/aromatic N) is 1. The van der Waals surface area contributed by atoms with Gasteiger partial charge in [-0.1, -0.05) is 6.07 Å². The summed E-state index contributed by atoms with van der Waals surface area (Å²) in [5.74, 6) is 1.50. The SMILES string of the molecule is COc1cc(OC)cc(C(=O)N2CC3CC(NC(=O)c4cccs4)C2C3)c1. The number of amides is 2. The predicted octanol–water partition coefficient (Wildman–Crippen LogP) is 2.80. The standard InChI is InChI=1S/C20H22N2O4S/c1-25-14-8-13(9-15(10-14)26-2)20(24)22-11-12-6-16(17(22)7-12)21-19(23)18-4-3-5-27-18/h3-5,8-10,12,16-17H,6-7,11H2,1-2H3,(H,21,23). The van der Waals surface area contributed by atoms with Gasteiger partial charge in [0, 0.05) is 24.2 Å². The van der Waals surface area contributed by atoms with Crippen LogP contribution in [0.3, 0.4) is 0 Å². The summed E-state index contributed by atoms with van der Waals surface area (Å²) in [4.78, 5) is 28.1. The smallest absolute Gasteiger partial charge is 0.261 e. The summed E-state index contributed by atoms with van der Waals surface area (Å²) in [6.45, 7) is 0.731. The van der Waals surface area contributed by atoms with E-state index < -0.39 is 0 Å². The van der Waals surface area contributed by atoms with Gasteiger partial charge in [0.15, 0.2) is 0 Å². The molecule has 1 aromatic carbocycles. The second-order valence-electron chi connectivity index (χ2n) is 7.02. The van der Waals surface area contributed by atoms with Gasteiger partial charge in [-0.15, -0.1) is 11.3 Å². The number of fused-ring (bicyclic) bond motifs is 2. The van der Waals surface area contributed by atoms with E-state index in [9.17, 15) is 9.59 Å². The fraction of sp³-hybridized carbons (Fsp3) is 0.400. The normalized spacial score (nSPS) is 23.3. The maximum Gasteiger partial charge on any atom is 0.261 e. The maximum absolute atomic E-state index is 13.1. The highest BCUT2D eigenvalue weighted by Gasteiger charge is 2.47. The van der Waals surface area contributed by atoms with Gasteiger partial charge in [0.2, 0.25) is 0 Å². The average molecular weight is 386 g/mol. The fourth-order valence-corrected chi connectivity index (χ4v) is 4.78. The lowest BCUT2D eigenvalue weighted by atomic mass is 10.0. The summed E-state index contributed by atoms with van der Waals surface area (Å²) < 4.78 is 10.6. The van der Waals surface area contributed by atoms with Crippen LogP contribution in [-0.4, -0.2) is 49.6 Å². The van der Waals surface area contributed by atoms with Crippen molar-refractivity contribution in [1.82, 2.24) is 10.2 Å². The van der Waals surface area contributed by atoms with Crippen LogP contribution in [0.15, 0.2) is 35.7 Å². The van der Waals surface area contributed by atoms with E-state index in [-0.39, 0.29) is 23.9 Å². The zero-order valence-electron chi connectivity index (χ0n) is 15.3. The summed E-state index contributed by atoms with van der Waals surface area (Å²) >= 11 is 1.43. The number of likely N-dealkylation sites (tertiary alicyclic amines) is 1. The van der Waals surface area contributed by atoms with Gasteiger partial charge >= 0.3 is 0 Å². The first-order valence-corrected chi connectivity index (χ1v) is 9.85. The number of nitrogens with one attached hydrogen (secondary N) is 1. The van der Waals surface area contributed by atoms with Crippen molar-refractivity contribution in [1.29, 1.82) is 0 Å². The van der Waals surface area contributed by atoms with Crippen molar-refractivity contribution in [2.24, 2.45) is 5.92 Å². The topological polar surface area (TPSA) is 67.9 Å². The van der Waals surface area contributed by atoms with Crippen LogP contribution < -0.4 is 14.8 Å². The van der Waals surface area contributed by atoms with Crippen LogP contribution in [0.5, 0.6) is 11.5 Å². The molecule has 2 aromatic rings. The zero-order valence-corrected chi connectivity index (χ0v) is 16.1.